The normalized spacial score (nSPS) is 24.1. The number of carbonyl (C=O) groups is 1. The number of nitrogens with zero attached hydrogens (tertiary/aromatic N) is 4. The molecule has 1 aliphatic carbocycles. The van der Waals surface area contributed by atoms with Gasteiger partial charge in [-0.15, -0.1) is 0 Å². The van der Waals surface area contributed by atoms with Crippen LogP contribution in [0.5, 0.6) is 11.5 Å². The van der Waals surface area contributed by atoms with Crippen LogP contribution in [-0.4, -0.2) is 58.8 Å². The van der Waals surface area contributed by atoms with Crippen LogP contribution in [0.15, 0.2) is 22.7 Å². The van der Waals surface area contributed by atoms with Crippen molar-refractivity contribution in [3.05, 3.63) is 35.5 Å². The first-order valence-corrected chi connectivity index (χ1v) is 10.5. The Bertz CT molecular complexity index is 935. The van der Waals surface area contributed by atoms with Crippen molar-refractivity contribution >= 4 is 5.91 Å². The molecule has 152 valence electrons. The lowest BCUT2D eigenvalue weighted by Crippen LogP contribution is -2.48. The predicted molar refractivity (Wildman–Crippen MR) is 102 cm³/mol. The Morgan fingerprint density at radius 2 is 2.00 bits per heavy atom. The molecule has 1 amide bonds. The van der Waals surface area contributed by atoms with Crippen LogP contribution in [-0.2, 0) is 0 Å². The second kappa shape index (κ2) is 6.73. The lowest BCUT2D eigenvalue weighted by Gasteiger charge is -2.37. The molecule has 0 bridgehead atoms. The summed E-state index contributed by atoms with van der Waals surface area (Å²) in [4.78, 5) is 21.8. The van der Waals surface area contributed by atoms with E-state index in [0.29, 0.717) is 30.2 Å². The van der Waals surface area contributed by atoms with Gasteiger partial charge >= 0.3 is 0 Å². The molecule has 8 nitrogen and oxygen atoms in total. The van der Waals surface area contributed by atoms with Gasteiger partial charge in [0.2, 0.25) is 12.7 Å². The van der Waals surface area contributed by atoms with Gasteiger partial charge in [-0.25, -0.2) is 0 Å². The third-order valence-electron chi connectivity index (χ3n) is 6.45. The van der Waals surface area contributed by atoms with Crippen LogP contribution in [0.3, 0.4) is 0 Å². The molecular weight excluding hydrogens is 372 g/mol. The fraction of sp³-hybridized carbons (Fsp3) is 0.571. The lowest BCUT2D eigenvalue weighted by molar-refractivity contribution is 0.0592. The Balaban J connectivity index is 1.09. The number of hydrogen-bond acceptors (Lipinski definition) is 7. The van der Waals surface area contributed by atoms with E-state index in [-0.39, 0.29) is 24.7 Å². The monoisotopic (exact) mass is 396 g/mol. The Labute approximate surface area is 168 Å². The lowest BCUT2D eigenvalue weighted by atomic mass is 9.98. The van der Waals surface area contributed by atoms with Crippen molar-refractivity contribution in [1.29, 1.82) is 0 Å². The Kier molecular flexibility index (Phi) is 4.00. The zero-order chi connectivity index (χ0) is 19.4. The molecule has 6 rings (SSSR count). The van der Waals surface area contributed by atoms with Gasteiger partial charge in [-0.2, -0.15) is 4.98 Å². The highest BCUT2D eigenvalue weighted by Crippen LogP contribution is 2.38. The van der Waals surface area contributed by atoms with Crippen LogP contribution in [0, 0.1) is 5.92 Å². The molecule has 2 saturated heterocycles. The average Bonchev–Trinajstić information content (AvgIpc) is 3.10. The quantitative estimate of drug-likeness (QED) is 0.768. The molecule has 29 heavy (non-hydrogen) atoms. The maximum absolute atomic E-state index is 12.7. The molecule has 3 aliphatic heterocycles. The van der Waals surface area contributed by atoms with Gasteiger partial charge in [0.1, 0.15) is 0 Å². The van der Waals surface area contributed by atoms with Crippen LogP contribution in [0.25, 0.3) is 0 Å². The summed E-state index contributed by atoms with van der Waals surface area (Å²) in [6.07, 6.45) is 4.99. The molecule has 1 atom stereocenters. The minimum absolute atomic E-state index is 0.00494. The molecule has 8 heteroatoms. The van der Waals surface area contributed by atoms with E-state index in [2.05, 4.69) is 10.1 Å². The van der Waals surface area contributed by atoms with E-state index in [1.165, 1.54) is 19.3 Å². The minimum Gasteiger partial charge on any atom is -0.454 e. The van der Waals surface area contributed by atoms with Gasteiger partial charge in [-0.1, -0.05) is 5.16 Å². The summed E-state index contributed by atoms with van der Waals surface area (Å²) in [7, 11) is 0. The van der Waals surface area contributed by atoms with Crippen molar-refractivity contribution in [2.24, 2.45) is 5.92 Å². The summed E-state index contributed by atoms with van der Waals surface area (Å²) >= 11 is 0. The second-order valence-corrected chi connectivity index (χ2v) is 8.56. The summed E-state index contributed by atoms with van der Waals surface area (Å²) in [5.41, 5.74) is 0.614. The van der Waals surface area contributed by atoms with Crippen LogP contribution in [0.4, 0.5) is 0 Å². The Hall–Kier alpha value is -2.61. The number of rotatable bonds is 5. The second-order valence-electron chi connectivity index (χ2n) is 8.56. The standard InChI is InChI=1S/C21H24N4O4/c26-21(14-5-6-17-18(8-14)28-12-27-17)25-10-15(11-25)19-22-20(29-23-19)16-2-1-7-24(16)9-13-3-4-13/h5-6,8,13,15-16H,1-4,7,9-12H2. The molecule has 3 fully saturated rings. The fourth-order valence-corrected chi connectivity index (χ4v) is 4.52. The van der Waals surface area contributed by atoms with Crippen molar-refractivity contribution in [3.8, 4) is 11.5 Å². The highest BCUT2D eigenvalue weighted by Gasteiger charge is 2.38. The number of amides is 1. The number of aromatic nitrogens is 2. The maximum Gasteiger partial charge on any atom is 0.254 e. The highest BCUT2D eigenvalue weighted by atomic mass is 16.7. The number of fused-ring (bicyclic) bond motifs is 1. The van der Waals surface area contributed by atoms with Crippen molar-refractivity contribution in [2.45, 2.75) is 37.6 Å². The van der Waals surface area contributed by atoms with Crippen LogP contribution >= 0.6 is 0 Å². The summed E-state index contributed by atoms with van der Waals surface area (Å²) in [5, 5.41) is 4.24. The van der Waals surface area contributed by atoms with E-state index >= 15 is 0 Å². The number of hydrogen-bond donors (Lipinski definition) is 0. The van der Waals surface area contributed by atoms with Gasteiger partial charge in [0.05, 0.1) is 12.0 Å². The van der Waals surface area contributed by atoms with Gasteiger partial charge in [0.15, 0.2) is 17.3 Å². The molecule has 0 N–H and O–H groups in total. The molecular formula is C21H24N4O4. The van der Waals surface area contributed by atoms with E-state index in [1.54, 1.807) is 18.2 Å². The van der Waals surface area contributed by atoms with Gasteiger partial charge in [-0.3, -0.25) is 9.69 Å². The molecule has 4 heterocycles. The van der Waals surface area contributed by atoms with E-state index in [1.807, 2.05) is 4.90 Å². The summed E-state index contributed by atoms with van der Waals surface area (Å²) in [5.74, 6) is 3.79. The summed E-state index contributed by atoms with van der Waals surface area (Å²) in [6, 6.07) is 5.58. The van der Waals surface area contributed by atoms with Crippen molar-refractivity contribution in [2.75, 3.05) is 33.0 Å². The van der Waals surface area contributed by atoms with Gasteiger partial charge in [0, 0.05) is 25.2 Å². The molecule has 2 aromatic rings. The van der Waals surface area contributed by atoms with E-state index in [0.717, 1.165) is 37.1 Å². The Morgan fingerprint density at radius 1 is 1.14 bits per heavy atom. The smallest absolute Gasteiger partial charge is 0.254 e. The molecule has 1 aromatic heterocycles. The van der Waals surface area contributed by atoms with Crippen molar-refractivity contribution in [1.82, 2.24) is 19.9 Å². The zero-order valence-electron chi connectivity index (χ0n) is 16.2. The molecule has 1 saturated carbocycles. The summed E-state index contributed by atoms with van der Waals surface area (Å²) in [6.45, 7) is 3.72. The zero-order valence-corrected chi connectivity index (χ0v) is 16.2. The predicted octanol–water partition coefficient (Wildman–Crippen LogP) is 2.58. The minimum atomic E-state index is -0.00494. The van der Waals surface area contributed by atoms with Crippen LogP contribution in [0.2, 0.25) is 0 Å². The first-order valence-electron chi connectivity index (χ1n) is 10.5. The fourth-order valence-electron chi connectivity index (χ4n) is 4.52. The number of carbonyl (C=O) groups excluding carboxylic acids is 1. The number of benzene rings is 1. The van der Waals surface area contributed by atoms with E-state index < -0.39 is 0 Å². The molecule has 0 radical (unpaired) electrons. The molecule has 4 aliphatic rings. The van der Waals surface area contributed by atoms with Crippen LogP contribution < -0.4 is 9.47 Å². The first kappa shape index (κ1) is 17.3. The number of likely N-dealkylation sites (tertiary alicyclic amines) is 2. The van der Waals surface area contributed by atoms with Gasteiger partial charge in [0.25, 0.3) is 5.91 Å². The van der Waals surface area contributed by atoms with Gasteiger partial charge < -0.3 is 18.9 Å². The summed E-state index contributed by atoms with van der Waals surface area (Å²) < 4.78 is 16.3. The highest BCUT2D eigenvalue weighted by molar-refractivity contribution is 5.95. The van der Waals surface area contributed by atoms with Gasteiger partial charge in [-0.05, 0) is 56.3 Å². The molecule has 1 unspecified atom stereocenters. The topological polar surface area (TPSA) is 80.9 Å². The maximum atomic E-state index is 12.7. The SMILES string of the molecule is O=C(c1ccc2c(c1)OCO2)N1CC(c2noc(C3CCCN3CC3CC3)n2)C1. The van der Waals surface area contributed by atoms with E-state index in [9.17, 15) is 4.79 Å². The largest absolute Gasteiger partial charge is 0.454 e. The van der Waals surface area contributed by atoms with Crippen LogP contribution in [0.1, 0.15) is 59.7 Å². The Morgan fingerprint density at radius 3 is 2.86 bits per heavy atom. The first-order chi connectivity index (χ1) is 14.2. The van der Waals surface area contributed by atoms with Crippen molar-refractivity contribution in [3.63, 3.8) is 0 Å². The number of ether oxygens (including phenoxy) is 2. The average molecular weight is 396 g/mol. The van der Waals surface area contributed by atoms with E-state index in [4.69, 9.17) is 19.0 Å². The third-order valence-corrected chi connectivity index (χ3v) is 6.45. The molecule has 1 aromatic carbocycles. The third kappa shape index (κ3) is 3.15. The molecule has 0 spiro atoms. The van der Waals surface area contributed by atoms with Crippen molar-refractivity contribution < 1.29 is 18.8 Å².